The summed E-state index contributed by atoms with van der Waals surface area (Å²) in [5.74, 6) is 2.31. The van der Waals surface area contributed by atoms with E-state index in [0.717, 1.165) is 12.3 Å². The number of hydrogen-bond acceptors (Lipinski definition) is 1. The summed E-state index contributed by atoms with van der Waals surface area (Å²) in [5, 5.41) is 0. The molecule has 0 aromatic heterocycles. The summed E-state index contributed by atoms with van der Waals surface area (Å²) in [6.07, 6.45) is 3.38. The van der Waals surface area contributed by atoms with E-state index in [1.165, 1.54) is 12.8 Å². The fourth-order valence-corrected chi connectivity index (χ4v) is 2.96. The molecular weight excluding hydrogens is 148 g/mol. The fraction of sp³-hybridized carbons (Fsp3) is 0.909. The largest absolute Gasteiger partial charge is 0.299 e. The van der Waals surface area contributed by atoms with E-state index in [1.54, 1.807) is 0 Å². The van der Waals surface area contributed by atoms with Crippen LogP contribution in [0.5, 0.6) is 0 Å². The van der Waals surface area contributed by atoms with Crippen LogP contribution in [0.1, 0.15) is 40.0 Å². The minimum atomic E-state index is 0.344. The van der Waals surface area contributed by atoms with Crippen LogP contribution >= 0.6 is 0 Å². The van der Waals surface area contributed by atoms with Crippen LogP contribution in [-0.4, -0.2) is 5.78 Å². The van der Waals surface area contributed by atoms with E-state index in [-0.39, 0.29) is 0 Å². The molecule has 0 saturated heterocycles. The van der Waals surface area contributed by atoms with Crippen LogP contribution in [0, 0.1) is 23.2 Å². The first kappa shape index (κ1) is 8.28. The van der Waals surface area contributed by atoms with E-state index in [2.05, 4.69) is 20.8 Å². The van der Waals surface area contributed by atoms with E-state index in [9.17, 15) is 4.79 Å². The standard InChI is InChI=1S/C11H18O/c1-7-4-5-8-10(9(12)6-7)11(8,2)3/h7-8,10H,4-6H2,1-3H3/t7-,8-,10-/m1/s1. The average Bonchev–Trinajstić information content (AvgIpc) is 2.52. The Morgan fingerprint density at radius 1 is 1.33 bits per heavy atom. The van der Waals surface area contributed by atoms with Crippen molar-refractivity contribution in [3.05, 3.63) is 0 Å². The predicted octanol–water partition coefficient (Wildman–Crippen LogP) is 2.65. The summed E-state index contributed by atoms with van der Waals surface area (Å²) in [6, 6.07) is 0. The number of Topliss-reactive ketones (excluding diaryl/α,β-unsaturated/α-hetero) is 1. The molecule has 2 fully saturated rings. The number of ketones is 1. The highest BCUT2D eigenvalue weighted by molar-refractivity contribution is 5.85. The molecule has 0 aromatic rings. The van der Waals surface area contributed by atoms with Crippen LogP contribution in [-0.2, 0) is 4.79 Å². The molecule has 2 rings (SSSR count). The van der Waals surface area contributed by atoms with Crippen molar-refractivity contribution >= 4 is 5.78 Å². The minimum absolute atomic E-state index is 0.344. The van der Waals surface area contributed by atoms with E-state index in [1.807, 2.05) is 0 Å². The molecule has 0 aromatic carbocycles. The van der Waals surface area contributed by atoms with Crippen LogP contribution in [0.2, 0.25) is 0 Å². The smallest absolute Gasteiger partial charge is 0.137 e. The number of fused-ring (bicyclic) bond motifs is 1. The van der Waals surface area contributed by atoms with Gasteiger partial charge in [0.2, 0.25) is 0 Å². The third kappa shape index (κ3) is 1.02. The molecule has 68 valence electrons. The van der Waals surface area contributed by atoms with Gasteiger partial charge < -0.3 is 0 Å². The Balaban J connectivity index is 2.13. The van der Waals surface area contributed by atoms with Crippen LogP contribution in [0.25, 0.3) is 0 Å². The van der Waals surface area contributed by atoms with Crippen molar-refractivity contribution < 1.29 is 4.79 Å². The zero-order chi connectivity index (χ0) is 8.93. The molecular formula is C11H18O. The zero-order valence-corrected chi connectivity index (χ0v) is 8.26. The Kier molecular flexibility index (Phi) is 1.61. The predicted molar refractivity (Wildman–Crippen MR) is 48.8 cm³/mol. The molecule has 0 heterocycles. The molecule has 12 heavy (non-hydrogen) atoms. The van der Waals surface area contributed by atoms with Gasteiger partial charge in [0.1, 0.15) is 5.78 Å². The Labute approximate surface area is 74.5 Å². The van der Waals surface area contributed by atoms with Crippen molar-refractivity contribution in [2.75, 3.05) is 0 Å². The lowest BCUT2D eigenvalue weighted by molar-refractivity contribution is -0.121. The second-order valence-corrected chi connectivity index (χ2v) is 5.26. The topological polar surface area (TPSA) is 17.1 Å². The molecule has 0 bridgehead atoms. The third-order valence-corrected chi connectivity index (χ3v) is 3.92. The van der Waals surface area contributed by atoms with Crippen LogP contribution in [0.3, 0.4) is 0 Å². The van der Waals surface area contributed by atoms with Gasteiger partial charge in [-0.2, -0.15) is 0 Å². The third-order valence-electron chi connectivity index (χ3n) is 3.92. The summed E-state index contributed by atoms with van der Waals surface area (Å²) in [4.78, 5) is 11.7. The van der Waals surface area contributed by atoms with Gasteiger partial charge in [0.15, 0.2) is 0 Å². The van der Waals surface area contributed by atoms with E-state index < -0.39 is 0 Å². The molecule has 2 aliphatic rings. The molecule has 0 spiro atoms. The second-order valence-electron chi connectivity index (χ2n) is 5.26. The fourth-order valence-electron chi connectivity index (χ4n) is 2.96. The molecule has 1 heteroatoms. The molecule has 0 aliphatic heterocycles. The second kappa shape index (κ2) is 2.34. The molecule has 1 nitrogen and oxygen atoms in total. The Bertz CT molecular complexity index is 217. The highest BCUT2D eigenvalue weighted by Crippen LogP contribution is 2.62. The van der Waals surface area contributed by atoms with Crippen molar-refractivity contribution in [2.45, 2.75) is 40.0 Å². The monoisotopic (exact) mass is 166 g/mol. The van der Waals surface area contributed by atoms with Gasteiger partial charge in [-0.15, -0.1) is 0 Å². The number of hydrogen-bond donors (Lipinski definition) is 0. The first-order valence-corrected chi connectivity index (χ1v) is 5.06. The molecule has 0 amide bonds. The quantitative estimate of drug-likeness (QED) is 0.540. The normalized spacial score (nSPS) is 44.9. The van der Waals surface area contributed by atoms with Crippen molar-refractivity contribution in [3.63, 3.8) is 0 Å². The van der Waals surface area contributed by atoms with Crippen LogP contribution < -0.4 is 0 Å². The van der Waals surface area contributed by atoms with E-state index in [0.29, 0.717) is 23.0 Å². The minimum Gasteiger partial charge on any atom is -0.299 e. The molecule has 2 aliphatic carbocycles. The summed E-state index contributed by atoms with van der Waals surface area (Å²) in [5.41, 5.74) is 0.344. The maximum atomic E-state index is 11.7. The Morgan fingerprint density at radius 3 is 2.67 bits per heavy atom. The lowest BCUT2D eigenvalue weighted by Gasteiger charge is -2.10. The zero-order valence-electron chi connectivity index (χ0n) is 8.26. The number of carbonyl (C=O) groups excluding carboxylic acids is 1. The SMILES string of the molecule is C[C@@H]1CC[C@@H]2[C@H](C(=O)C1)C2(C)C. The number of rotatable bonds is 0. The van der Waals surface area contributed by atoms with Crippen molar-refractivity contribution in [2.24, 2.45) is 23.2 Å². The Hall–Kier alpha value is -0.330. The van der Waals surface area contributed by atoms with E-state index in [4.69, 9.17) is 0 Å². The summed E-state index contributed by atoms with van der Waals surface area (Å²) >= 11 is 0. The molecule has 0 N–H and O–H groups in total. The lowest BCUT2D eigenvalue weighted by atomic mass is 9.94. The summed E-state index contributed by atoms with van der Waals surface area (Å²) in [6.45, 7) is 6.70. The average molecular weight is 166 g/mol. The maximum absolute atomic E-state index is 11.7. The molecule has 3 atom stereocenters. The van der Waals surface area contributed by atoms with E-state index >= 15 is 0 Å². The van der Waals surface area contributed by atoms with Gasteiger partial charge in [0.25, 0.3) is 0 Å². The van der Waals surface area contributed by atoms with Gasteiger partial charge in [-0.3, -0.25) is 4.79 Å². The van der Waals surface area contributed by atoms with Gasteiger partial charge in [0, 0.05) is 12.3 Å². The van der Waals surface area contributed by atoms with Gasteiger partial charge in [-0.1, -0.05) is 20.8 Å². The van der Waals surface area contributed by atoms with Gasteiger partial charge in [-0.05, 0) is 30.1 Å². The summed E-state index contributed by atoms with van der Waals surface area (Å²) < 4.78 is 0. The highest BCUT2D eigenvalue weighted by atomic mass is 16.1. The van der Waals surface area contributed by atoms with Gasteiger partial charge in [0.05, 0.1) is 0 Å². The lowest BCUT2D eigenvalue weighted by Crippen LogP contribution is -2.09. The summed E-state index contributed by atoms with van der Waals surface area (Å²) in [7, 11) is 0. The highest BCUT2D eigenvalue weighted by Gasteiger charge is 2.61. The van der Waals surface area contributed by atoms with Gasteiger partial charge in [-0.25, -0.2) is 0 Å². The van der Waals surface area contributed by atoms with Gasteiger partial charge >= 0.3 is 0 Å². The Morgan fingerprint density at radius 2 is 2.00 bits per heavy atom. The maximum Gasteiger partial charge on any atom is 0.137 e. The molecule has 0 unspecified atom stereocenters. The van der Waals surface area contributed by atoms with Crippen molar-refractivity contribution in [3.8, 4) is 0 Å². The van der Waals surface area contributed by atoms with Crippen LogP contribution in [0.4, 0.5) is 0 Å². The van der Waals surface area contributed by atoms with Crippen LogP contribution in [0.15, 0.2) is 0 Å². The molecule has 2 saturated carbocycles. The first-order chi connectivity index (χ1) is 5.53. The first-order valence-electron chi connectivity index (χ1n) is 5.06. The number of carbonyl (C=O) groups is 1. The van der Waals surface area contributed by atoms with Crippen molar-refractivity contribution in [1.82, 2.24) is 0 Å². The molecule has 0 radical (unpaired) electrons. The van der Waals surface area contributed by atoms with Crippen molar-refractivity contribution in [1.29, 1.82) is 0 Å².